The molecule has 1 amide bonds. The predicted octanol–water partition coefficient (Wildman–Crippen LogP) is 0.276. The smallest absolute Gasteiger partial charge is 0.432 e. The fourth-order valence-electron chi connectivity index (χ4n) is 0.760. The van der Waals surface area contributed by atoms with Crippen molar-refractivity contribution in [1.29, 1.82) is 0 Å². The second-order valence-corrected chi connectivity index (χ2v) is 2.72. The summed E-state index contributed by atoms with van der Waals surface area (Å²) < 4.78 is 0.587. The van der Waals surface area contributed by atoms with Gasteiger partial charge in [-0.3, -0.25) is 0 Å². The second-order valence-electron chi connectivity index (χ2n) is 2.34. The van der Waals surface area contributed by atoms with E-state index in [1.165, 1.54) is 12.1 Å². The summed E-state index contributed by atoms with van der Waals surface area (Å²) in [5, 5.41) is 20.4. The maximum Gasteiger partial charge on any atom is 0.432 e. The Morgan fingerprint density at radius 2 is 2.07 bits per heavy atom. The number of aromatic nitrogens is 1. The molecule has 0 atom stereocenters. The van der Waals surface area contributed by atoms with Gasteiger partial charge in [0, 0.05) is 24.6 Å². The van der Waals surface area contributed by atoms with Gasteiger partial charge in [0.15, 0.2) is 0 Å². The molecular weight excluding hydrogens is 212 g/mol. The summed E-state index contributed by atoms with van der Waals surface area (Å²) >= 11 is 5.31. The van der Waals surface area contributed by atoms with Crippen LogP contribution in [0.25, 0.3) is 0 Å². The van der Waals surface area contributed by atoms with Crippen LogP contribution in [-0.2, 0) is 0 Å². The van der Waals surface area contributed by atoms with Crippen LogP contribution in [0.4, 0.5) is 4.79 Å². The van der Waals surface area contributed by atoms with Gasteiger partial charge in [-0.15, -0.1) is 16.3 Å². The van der Waals surface area contributed by atoms with Gasteiger partial charge >= 0.3 is 6.09 Å². The van der Waals surface area contributed by atoms with Crippen molar-refractivity contribution in [3.63, 3.8) is 0 Å². The van der Waals surface area contributed by atoms with Gasteiger partial charge in [0.2, 0.25) is 11.8 Å². The third-order valence-corrected chi connectivity index (χ3v) is 1.52. The average Bonchev–Trinajstić information content (AvgIpc) is 2.46. The van der Waals surface area contributed by atoms with E-state index in [0.29, 0.717) is 4.73 Å². The molecular formula is C7H9ClN2O4. The largest absolute Gasteiger partial charge is 0.492 e. The van der Waals surface area contributed by atoms with Gasteiger partial charge in [0.1, 0.15) is 0 Å². The minimum Gasteiger partial charge on any atom is -0.492 e. The molecule has 0 bridgehead atoms. The lowest BCUT2D eigenvalue weighted by Gasteiger charge is -2.06. The van der Waals surface area contributed by atoms with Crippen LogP contribution >= 0.6 is 11.6 Å². The zero-order chi connectivity index (χ0) is 10.6. The highest BCUT2D eigenvalue weighted by Gasteiger charge is 2.10. The first-order valence-electron chi connectivity index (χ1n) is 3.77. The van der Waals surface area contributed by atoms with Gasteiger partial charge in [0.05, 0.1) is 0 Å². The molecule has 1 heterocycles. The number of amides is 1. The van der Waals surface area contributed by atoms with Gasteiger partial charge in [-0.1, -0.05) is 0 Å². The topological polar surface area (TPSA) is 83.7 Å². The Kier molecular flexibility index (Phi) is 3.47. The Morgan fingerprint density at radius 3 is 2.57 bits per heavy atom. The second kappa shape index (κ2) is 4.61. The molecule has 1 aromatic heterocycles. The monoisotopic (exact) mass is 220 g/mol. The molecule has 7 heteroatoms. The number of hydrogen-bond acceptors (Lipinski definition) is 4. The third-order valence-electron chi connectivity index (χ3n) is 1.34. The molecule has 0 saturated heterocycles. The fourth-order valence-corrected chi connectivity index (χ4v) is 0.854. The van der Waals surface area contributed by atoms with Crippen LogP contribution in [0.1, 0.15) is 0 Å². The molecule has 78 valence electrons. The first kappa shape index (κ1) is 10.5. The zero-order valence-electron chi connectivity index (χ0n) is 7.11. The molecule has 1 aromatic rings. The molecule has 0 unspecified atom stereocenters. The number of carbonyl (C=O) groups is 1. The minimum absolute atomic E-state index is 0.239. The lowest BCUT2D eigenvalue weighted by Crippen LogP contribution is -2.32. The highest BCUT2D eigenvalue weighted by molar-refractivity contribution is 6.18. The van der Waals surface area contributed by atoms with Crippen LogP contribution in [-0.4, -0.2) is 33.5 Å². The molecule has 0 spiro atoms. The molecule has 0 radical (unpaired) electrons. The molecule has 1 rings (SSSR count). The quantitative estimate of drug-likeness (QED) is 0.639. The van der Waals surface area contributed by atoms with Crippen LogP contribution in [0, 0.1) is 0 Å². The van der Waals surface area contributed by atoms with E-state index >= 15 is 0 Å². The normalized spacial score (nSPS) is 9.79. The van der Waals surface area contributed by atoms with E-state index in [4.69, 9.17) is 21.8 Å². The molecule has 0 aliphatic carbocycles. The van der Waals surface area contributed by atoms with Crippen LogP contribution in [0.15, 0.2) is 12.1 Å². The molecule has 0 aromatic carbocycles. The first-order valence-corrected chi connectivity index (χ1v) is 4.30. The van der Waals surface area contributed by atoms with Crippen LogP contribution in [0.3, 0.4) is 0 Å². The van der Waals surface area contributed by atoms with Crippen molar-refractivity contribution in [2.24, 2.45) is 0 Å². The number of nitrogens with zero attached hydrogens (tertiary/aromatic N) is 1. The summed E-state index contributed by atoms with van der Waals surface area (Å²) in [6.07, 6.45) is -0.813. The Hall–Kier alpha value is -1.56. The number of rotatable bonds is 3. The van der Waals surface area contributed by atoms with Crippen LogP contribution in [0.2, 0.25) is 0 Å². The highest BCUT2D eigenvalue weighted by Crippen LogP contribution is 2.18. The molecule has 0 aliphatic heterocycles. The molecule has 0 aliphatic rings. The maximum atomic E-state index is 10.9. The van der Waals surface area contributed by atoms with Gasteiger partial charge in [-0.05, 0) is 0 Å². The summed E-state index contributed by atoms with van der Waals surface area (Å²) in [5.41, 5.74) is 0. The van der Waals surface area contributed by atoms with Gasteiger partial charge in [-0.2, -0.15) is 0 Å². The van der Waals surface area contributed by atoms with Gasteiger partial charge in [0.25, 0.3) is 0 Å². The Balaban J connectivity index is 2.55. The molecule has 3 N–H and O–H groups in total. The van der Waals surface area contributed by atoms with Crippen molar-refractivity contribution in [3.05, 3.63) is 12.1 Å². The van der Waals surface area contributed by atoms with E-state index in [1.807, 2.05) is 0 Å². The van der Waals surface area contributed by atoms with Crippen molar-refractivity contribution in [2.45, 2.75) is 0 Å². The number of halogens is 1. The Morgan fingerprint density at radius 1 is 1.50 bits per heavy atom. The van der Waals surface area contributed by atoms with Crippen LogP contribution < -0.4 is 10.2 Å². The van der Waals surface area contributed by atoms with Crippen molar-refractivity contribution in [1.82, 2.24) is 10.0 Å². The SMILES string of the molecule is O=C(NCCCl)On1c(O)ccc1O. The van der Waals surface area contributed by atoms with E-state index in [2.05, 4.69) is 10.2 Å². The lowest BCUT2D eigenvalue weighted by atomic mass is 10.6. The molecule has 0 fully saturated rings. The average molecular weight is 221 g/mol. The Bertz CT molecular complexity index is 306. The summed E-state index contributed by atoms with van der Waals surface area (Å²) in [6.45, 7) is 0.239. The number of aromatic hydroxyl groups is 2. The number of hydrogen-bond donors (Lipinski definition) is 3. The molecule has 6 nitrogen and oxygen atoms in total. The Labute approximate surface area is 84.6 Å². The predicted molar refractivity (Wildman–Crippen MR) is 48.5 cm³/mol. The highest BCUT2D eigenvalue weighted by atomic mass is 35.5. The number of carbonyl (C=O) groups excluding carboxylic acids is 1. The van der Waals surface area contributed by atoms with Crippen LogP contribution in [0.5, 0.6) is 11.8 Å². The van der Waals surface area contributed by atoms with Gasteiger partial charge < -0.3 is 20.4 Å². The van der Waals surface area contributed by atoms with Crippen molar-refractivity contribution >= 4 is 17.7 Å². The minimum atomic E-state index is -0.813. The summed E-state index contributed by atoms with van der Waals surface area (Å²) in [6, 6.07) is 2.37. The molecule has 0 saturated carbocycles. The lowest BCUT2D eigenvalue weighted by molar-refractivity contribution is 0.109. The van der Waals surface area contributed by atoms with E-state index in [9.17, 15) is 4.79 Å². The fraction of sp³-hybridized carbons (Fsp3) is 0.286. The summed E-state index contributed by atoms with van der Waals surface area (Å²) in [7, 11) is 0. The summed E-state index contributed by atoms with van der Waals surface area (Å²) in [5.74, 6) is -0.495. The third kappa shape index (κ3) is 2.46. The van der Waals surface area contributed by atoms with Crippen molar-refractivity contribution in [3.8, 4) is 11.8 Å². The summed E-state index contributed by atoms with van der Waals surface area (Å²) in [4.78, 5) is 15.5. The van der Waals surface area contributed by atoms with E-state index in [-0.39, 0.29) is 24.2 Å². The number of alkyl halides is 1. The van der Waals surface area contributed by atoms with E-state index < -0.39 is 6.09 Å². The zero-order valence-corrected chi connectivity index (χ0v) is 7.86. The molecule has 14 heavy (non-hydrogen) atoms. The van der Waals surface area contributed by atoms with E-state index in [0.717, 1.165) is 0 Å². The van der Waals surface area contributed by atoms with Crippen molar-refractivity contribution < 1.29 is 19.8 Å². The van der Waals surface area contributed by atoms with E-state index in [1.54, 1.807) is 0 Å². The number of nitrogens with one attached hydrogen (secondary N) is 1. The van der Waals surface area contributed by atoms with Gasteiger partial charge in [-0.25, -0.2) is 4.79 Å². The standard InChI is InChI=1S/C7H9ClN2O4/c8-3-4-9-7(13)14-10-5(11)1-2-6(10)12/h1-2,11-12H,3-4H2,(H,9,13). The first-order chi connectivity index (χ1) is 6.65. The van der Waals surface area contributed by atoms with Crippen molar-refractivity contribution in [2.75, 3.05) is 12.4 Å². The maximum absolute atomic E-state index is 10.9.